The largest absolute Gasteiger partial charge is 0.490 e. The Morgan fingerprint density at radius 2 is 1.56 bits per heavy atom. The fourth-order valence-electron chi connectivity index (χ4n) is 2.44. The van der Waals surface area contributed by atoms with Crippen LogP contribution in [0.4, 0.5) is 10.5 Å². The third kappa shape index (κ3) is 5.41. The lowest BCUT2D eigenvalue weighted by atomic mass is 9.86. The van der Waals surface area contributed by atoms with Crippen LogP contribution in [0.15, 0.2) is 48.5 Å². The van der Waals surface area contributed by atoms with Gasteiger partial charge in [0.2, 0.25) is 0 Å². The van der Waals surface area contributed by atoms with Crippen molar-refractivity contribution in [3.63, 3.8) is 0 Å². The number of benzene rings is 2. The molecule has 0 saturated carbocycles. The highest BCUT2D eigenvalue weighted by molar-refractivity contribution is 5.90. The highest BCUT2D eigenvalue weighted by Crippen LogP contribution is 2.29. The summed E-state index contributed by atoms with van der Waals surface area (Å²) in [6.07, 6.45) is 0. The minimum absolute atomic E-state index is 0.0492. The summed E-state index contributed by atoms with van der Waals surface area (Å²) in [6.45, 7) is 8.85. The average Bonchev–Trinajstić information content (AvgIpc) is 2.56. The van der Waals surface area contributed by atoms with E-state index in [0.717, 1.165) is 11.3 Å². The van der Waals surface area contributed by atoms with Crippen molar-refractivity contribution in [1.29, 1.82) is 0 Å². The van der Waals surface area contributed by atoms with Gasteiger partial charge in [-0.25, -0.2) is 4.79 Å². The molecule has 0 aliphatic heterocycles. The van der Waals surface area contributed by atoms with Crippen LogP contribution in [0.1, 0.15) is 33.3 Å². The van der Waals surface area contributed by atoms with Gasteiger partial charge in [0.1, 0.15) is 0 Å². The lowest BCUT2D eigenvalue weighted by Gasteiger charge is -2.23. The predicted octanol–water partition coefficient (Wildman–Crippen LogP) is 4.54. The third-order valence-electron chi connectivity index (χ3n) is 3.59. The van der Waals surface area contributed by atoms with Gasteiger partial charge < -0.3 is 20.1 Å². The number of urea groups is 1. The fourth-order valence-corrected chi connectivity index (χ4v) is 2.44. The van der Waals surface area contributed by atoms with E-state index in [9.17, 15) is 4.79 Å². The molecular weight excluding hydrogens is 316 g/mol. The Kier molecular flexibility index (Phi) is 6.28. The number of rotatable bonds is 6. The molecule has 2 aromatic carbocycles. The number of ether oxygens (including phenoxy) is 2. The van der Waals surface area contributed by atoms with Crippen LogP contribution in [-0.4, -0.2) is 19.4 Å². The van der Waals surface area contributed by atoms with Crippen LogP contribution >= 0.6 is 0 Å². The van der Waals surface area contributed by atoms with E-state index in [1.165, 1.54) is 0 Å². The molecular formula is C20H26N2O3. The first-order valence-corrected chi connectivity index (χ1v) is 8.41. The van der Waals surface area contributed by atoms with Crippen molar-refractivity contribution in [3.8, 4) is 11.5 Å². The van der Waals surface area contributed by atoms with Crippen LogP contribution in [0, 0.1) is 0 Å². The van der Waals surface area contributed by atoms with Crippen molar-refractivity contribution in [3.05, 3.63) is 54.1 Å². The molecule has 0 atom stereocenters. The molecule has 2 amide bonds. The number of amides is 2. The number of carbonyl (C=O) groups excluding carboxylic acids is 1. The normalized spacial score (nSPS) is 10.9. The lowest BCUT2D eigenvalue weighted by molar-refractivity contribution is 0.229. The second kappa shape index (κ2) is 8.42. The van der Waals surface area contributed by atoms with Crippen molar-refractivity contribution >= 4 is 11.7 Å². The molecule has 0 spiro atoms. The minimum atomic E-state index is -0.314. The van der Waals surface area contributed by atoms with Gasteiger partial charge in [-0.1, -0.05) is 51.1 Å². The number of carbonyl (C=O) groups is 1. The highest BCUT2D eigenvalue weighted by Gasteiger charge is 2.18. The molecule has 134 valence electrons. The molecule has 5 nitrogen and oxygen atoms in total. The van der Waals surface area contributed by atoms with Gasteiger partial charge in [0.25, 0.3) is 0 Å². The van der Waals surface area contributed by atoms with Gasteiger partial charge in [0, 0.05) is 5.69 Å². The molecule has 0 fully saturated rings. The number of nitrogens with one attached hydrogen (secondary N) is 2. The van der Waals surface area contributed by atoms with E-state index < -0.39 is 0 Å². The first kappa shape index (κ1) is 18.6. The molecule has 0 aliphatic carbocycles. The molecule has 0 unspecified atom stereocenters. The Balaban J connectivity index is 1.92. The van der Waals surface area contributed by atoms with Crippen LogP contribution < -0.4 is 20.1 Å². The number of anilines is 1. The smallest absolute Gasteiger partial charge is 0.321 e. The van der Waals surface area contributed by atoms with E-state index in [1.807, 2.05) is 49.4 Å². The van der Waals surface area contributed by atoms with Crippen LogP contribution in [0.5, 0.6) is 11.5 Å². The minimum Gasteiger partial charge on any atom is -0.490 e. The third-order valence-corrected chi connectivity index (χ3v) is 3.59. The average molecular weight is 342 g/mol. The van der Waals surface area contributed by atoms with Gasteiger partial charge in [-0.05, 0) is 36.1 Å². The summed E-state index contributed by atoms with van der Waals surface area (Å²) in [6, 6.07) is 14.8. The monoisotopic (exact) mass is 342 g/mol. The van der Waals surface area contributed by atoms with Gasteiger partial charge in [0.15, 0.2) is 18.2 Å². The number of hydrogen-bond donors (Lipinski definition) is 2. The highest BCUT2D eigenvalue weighted by atomic mass is 16.5. The Labute approximate surface area is 149 Å². The maximum atomic E-state index is 12.2. The summed E-state index contributed by atoms with van der Waals surface area (Å²) in [5.74, 6) is 1.25. The zero-order valence-electron chi connectivity index (χ0n) is 15.3. The van der Waals surface area contributed by atoms with Crippen LogP contribution in [0.2, 0.25) is 0 Å². The van der Waals surface area contributed by atoms with Crippen molar-refractivity contribution in [2.45, 2.75) is 33.1 Å². The molecule has 0 radical (unpaired) electrons. The SMILES string of the molecule is CCOc1ccccc1OCNC(=O)Nc1ccccc1C(C)(C)C. The zero-order valence-corrected chi connectivity index (χ0v) is 15.3. The maximum Gasteiger partial charge on any atom is 0.321 e. The summed E-state index contributed by atoms with van der Waals surface area (Å²) >= 11 is 0. The summed E-state index contributed by atoms with van der Waals surface area (Å²) in [4.78, 5) is 12.2. The molecule has 5 heteroatoms. The Hall–Kier alpha value is -2.69. The zero-order chi connectivity index (χ0) is 18.3. The van der Waals surface area contributed by atoms with E-state index in [0.29, 0.717) is 18.1 Å². The summed E-state index contributed by atoms with van der Waals surface area (Å²) in [5, 5.41) is 5.58. The second-order valence-electron chi connectivity index (χ2n) is 6.59. The quantitative estimate of drug-likeness (QED) is 0.758. The van der Waals surface area contributed by atoms with E-state index in [-0.39, 0.29) is 18.2 Å². The van der Waals surface area contributed by atoms with Crippen LogP contribution in [0.3, 0.4) is 0 Å². The lowest BCUT2D eigenvalue weighted by Crippen LogP contribution is -2.33. The number of para-hydroxylation sites is 3. The van der Waals surface area contributed by atoms with Gasteiger partial charge in [0.05, 0.1) is 6.61 Å². The standard InChI is InChI=1S/C20H26N2O3/c1-5-24-17-12-8-9-13-18(17)25-14-21-19(23)22-16-11-7-6-10-15(16)20(2,3)4/h6-13H,5,14H2,1-4H3,(H2,21,22,23). The van der Waals surface area contributed by atoms with Crippen LogP contribution in [-0.2, 0) is 5.41 Å². The molecule has 25 heavy (non-hydrogen) atoms. The van der Waals surface area contributed by atoms with E-state index in [1.54, 1.807) is 6.07 Å². The molecule has 0 heterocycles. The Morgan fingerprint density at radius 3 is 2.20 bits per heavy atom. The topological polar surface area (TPSA) is 59.6 Å². The fraction of sp³-hybridized carbons (Fsp3) is 0.350. The summed E-state index contributed by atoms with van der Waals surface area (Å²) < 4.78 is 11.1. The Bertz CT molecular complexity index is 708. The predicted molar refractivity (Wildman–Crippen MR) is 100 cm³/mol. The Morgan fingerprint density at radius 1 is 0.960 bits per heavy atom. The van der Waals surface area contributed by atoms with E-state index >= 15 is 0 Å². The molecule has 0 aliphatic rings. The second-order valence-corrected chi connectivity index (χ2v) is 6.59. The molecule has 0 aromatic heterocycles. The summed E-state index contributed by atoms with van der Waals surface area (Å²) in [5.41, 5.74) is 1.81. The summed E-state index contributed by atoms with van der Waals surface area (Å²) in [7, 11) is 0. The van der Waals surface area contributed by atoms with Gasteiger partial charge in [-0.3, -0.25) is 0 Å². The van der Waals surface area contributed by atoms with Crippen molar-refractivity contribution in [2.24, 2.45) is 0 Å². The van der Waals surface area contributed by atoms with Crippen molar-refractivity contribution < 1.29 is 14.3 Å². The maximum absolute atomic E-state index is 12.2. The molecule has 2 aromatic rings. The van der Waals surface area contributed by atoms with E-state index in [2.05, 4.69) is 31.4 Å². The first-order chi connectivity index (χ1) is 11.9. The van der Waals surface area contributed by atoms with Gasteiger partial charge >= 0.3 is 6.03 Å². The van der Waals surface area contributed by atoms with Gasteiger partial charge in [-0.2, -0.15) is 0 Å². The van der Waals surface area contributed by atoms with Crippen LogP contribution in [0.25, 0.3) is 0 Å². The first-order valence-electron chi connectivity index (χ1n) is 8.41. The number of hydrogen-bond acceptors (Lipinski definition) is 3. The molecule has 2 rings (SSSR count). The van der Waals surface area contributed by atoms with Crippen molar-refractivity contribution in [2.75, 3.05) is 18.7 Å². The van der Waals surface area contributed by atoms with E-state index in [4.69, 9.17) is 9.47 Å². The van der Waals surface area contributed by atoms with Crippen molar-refractivity contribution in [1.82, 2.24) is 5.32 Å². The molecule has 0 saturated heterocycles. The molecule has 2 N–H and O–H groups in total. The molecule has 0 bridgehead atoms. The van der Waals surface area contributed by atoms with Gasteiger partial charge in [-0.15, -0.1) is 0 Å².